The monoisotopic (exact) mass is 567 g/mol. The van der Waals surface area contributed by atoms with E-state index in [1.807, 2.05) is 6.92 Å². The van der Waals surface area contributed by atoms with Crippen LogP contribution in [0.4, 0.5) is 5.69 Å². The first-order chi connectivity index (χ1) is 12.1. The molecule has 1 aromatic carbocycles. The van der Waals surface area contributed by atoms with Gasteiger partial charge in [0.1, 0.15) is 11.9 Å². The highest BCUT2D eigenvalue weighted by Gasteiger charge is 2.34. The van der Waals surface area contributed by atoms with Crippen molar-refractivity contribution >= 4 is 95.6 Å². The molecule has 0 aromatic heterocycles. The van der Waals surface area contributed by atoms with Crippen LogP contribution in [-0.2, 0) is 4.79 Å². The summed E-state index contributed by atoms with van der Waals surface area (Å²) in [7, 11) is 1.57. The molecule has 0 fully saturated rings. The van der Waals surface area contributed by atoms with Gasteiger partial charge in [0, 0.05) is 15.4 Å². The molecule has 146 valence electrons. The Balaban J connectivity index is 2.83. The lowest BCUT2D eigenvalue weighted by molar-refractivity contribution is -0.122. The minimum absolute atomic E-state index is 0.170. The number of methoxy groups -OCH3 is 1. The van der Waals surface area contributed by atoms with Crippen molar-refractivity contribution in [3.63, 3.8) is 0 Å². The second-order valence-corrected chi connectivity index (χ2v) is 9.70. The van der Waals surface area contributed by atoms with Crippen molar-refractivity contribution in [1.82, 2.24) is 10.6 Å². The molecule has 1 atom stereocenters. The van der Waals surface area contributed by atoms with E-state index >= 15 is 0 Å². The molecule has 1 rings (SSSR count). The van der Waals surface area contributed by atoms with Crippen LogP contribution in [-0.4, -0.2) is 28.1 Å². The summed E-state index contributed by atoms with van der Waals surface area (Å²) in [5, 5.41) is 8.62. The lowest BCUT2D eigenvalue weighted by atomic mass is 10.2. The molecule has 0 unspecified atom stereocenters. The van der Waals surface area contributed by atoms with E-state index in [-0.39, 0.29) is 11.0 Å². The van der Waals surface area contributed by atoms with Crippen molar-refractivity contribution in [2.24, 2.45) is 0 Å². The number of carbonyl (C=O) groups is 1. The molecule has 26 heavy (non-hydrogen) atoms. The van der Waals surface area contributed by atoms with Crippen LogP contribution in [0.25, 0.3) is 0 Å². The third kappa shape index (κ3) is 7.94. The van der Waals surface area contributed by atoms with Gasteiger partial charge in [-0.15, -0.1) is 0 Å². The van der Waals surface area contributed by atoms with Gasteiger partial charge in [-0.1, -0.05) is 48.1 Å². The zero-order valence-corrected chi connectivity index (χ0v) is 20.2. The topological polar surface area (TPSA) is 62.4 Å². The fourth-order valence-corrected chi connectivity index (χ4v) is 3.73. The van der Waals surface area contributed by atoms with Crippen LogP contribution in [0.2, 0.25) is 0 Å². The van der Waals surface area contributed by atoms with Gasteiger partial charge in [-0.05, 0) is 62.6 Å². The van der Waals surface area contributed by atoms with E-state index in [4.69, 9.17) is 51.8 Å². The average Bonchev–Trinajstić information content (AvgIpc) is 2.54. The van der Waals surface area contributed by atoms with Gasteiger partial charge >= 0.3 is 0 Å². The summed E-state index contributed by atoms with van der Waals surface area (Å²) in [5.74, 6) is 0.431. The summed E-state index contributed by atoms with van der Waals surface area (Å²) in [4.78, 5) is 12.0. The SMILES string of the molecule is CCCCC(=O)N[C@@H](NC(=S)Nc1c(Br)cc(OC)cc1Br)C(Cl)(Cl)Cl. The normalized spacial score (nSPS) is 12.3. The highest BCUT2D eigenvalue weighted by molar-refractivity contribution is 9.11. The number of hydrogen-bond acceptors (Lipinski definition) is 3. The number of amides is 1. The maximum Gasteiger partial charge on any atom is 0.228 e. The largest absolute Gasteiger partial charge is 0.497 e. The Kier molecular flexibility index (Phi) is 10.3. The molecule has 11 heteroatoms. The fraction of sp³-hybridized carbons (Fsp3) is 0.467. The van der Waals surface area contributed by atoms with Gasteiger partial charge in [-0.25, -0.2) is 0 Å². The fourth-order valence-electron chi connectivity index (χ4n) is 1.84. The second-order valence-electron chi connectivity index (χ2n) is 5.21. The van der Waals surface area contributed by atoms with Crippen molar-refractivity contribution in [3.8, 4) is 5.75 Å². The number of halogens is 5. The summed E-state index contributed by atoms with van der Waals surface area (Å²) >= 11 is 30.0. The predicted molar refractivity (Wildman–Crippen MR) is 119 cm³/mol. The molecule has 0 heterocycles. The Morgan fingerprint density at radius 1 is 1.27 bits per heavy atom. The highest BCUT2D eigenvalue weighted by atomic mass is 79.9. The number of carbonyl (C=O) groups excluding carboxylic acids is 1. The number of benzene rings is 1. The number of hydrogen-bond donors (Lipinski definition) is 3. The third-order valence-electron chi connectivity index (χ3n) is 3.16. The first-order valence-electron chi connectivity index (χ1n) is 7.55. The van der Waals surface area contributed by atoms with E-state index in [1.54, 1.807) is 19.2 Å². The predicted octanol–water partition coefficient (Wildman–Crippen LogP) is 5.51. The third-order valence-corrected chi connectivity index (χ3v) is 5.28. The van der Waals surface area contributed by atoms with Crippen molar-refractivity contribution in [2.75, 3.05) is 12.4 Å². The number of unbranched alkanes of at least 4 members (excludes halogenated alkanes) is 1. The molecular weight excluding hydrogens is 552 g/mol. The molecule has 0 bridgehead atoms. The van der Waals surface area contributed by atoms with Crippen molar-refractivity contribution < 1.29 is 9.53 Å². The van der Waals surface area contributed by atoms with Gasteiger partial charge < -0.3 is 20.7 Å². The minimum Gasteiger partial charge on any atom is -0.497 e. The highest BCUT2D eigenvalue weighted by Crippen LogP contribution is 2.35. The summed E-state index contributed by atoms with van der Waals surface area (Å²) < 4.78 is 4.82. The standard InChI is InChI=1S/C15H18Br2Cl3N3O2S/c1-3-4-5-11(24)21-13(15(18,19)20)23-14(26)22-12-9(16)6-8(25-2)7-10(12)17/h6-7,13H,3-5H2,1-2H3,(H,21,24)(H2,22,23,26)/t13-/m0/s1. The summed E-state index contributed by atoms with van der Waals surface area (Å²) in [5.41, 5.74) is 0.656. The van der Waals surface area contributed by atoms with Gasteiger partial charge in [0.2, 0.25) is 9.70 Å². The molecule has 0 saturated heterocycles. The molecule has 0 aliphatic heterocycles. The molecule has 0 aliphatic carbocycles. The van der Waals surface area contributed by atoms with Crippen molar-refractivity contribution in [1.29, 1.82) is 0 Å². The van der Waals surface area contributed by atoms with Gasteiger partial charge in [0.05, 0.1) is 12.8 Å². The quantitative estimate of drug-likeness (QED) is 0.229. The van der Waals surface area contributed by atoms with Crippen LogP contribution in [0.1, 0.15) is 26.2 Å². The molecule has 1 amide bonds. The number of ether oxygens (including phenoxy) is 1. The number of thiocarbonyl (C=S) groups is 1. The Labute approximate surface area is 190 Å². The Hall–Kier alpha value is 0.0100. The molecule has 0 aliphatic rings. The summed E-state index contributed by atoms with van der Waals surface area (Å²) in [6.07, 6.45) is 0.976. The van der Waals surface area contributed by atoms with Gasteiger partial charge in [-0.3, -0.25) is 4.79 Å². The van der Waals surface area contributed by atoms with Crippen LogP contribution in [0.3, 0.4) is 0 Å². The van der Waals surface area contributed by atoms with E-state index in [9.17, 15) is 4.79 Å². The molecule has 3 N–H and O–H groups in total. The van der Waals surface area contributed by atoms with Crippen molar-refractivity contribution in [3.05, 3.63) is 21.1 Å². The Morgan fingerprint density at radius 3 is 2.31 bits per heavy atom. The van der Waals surface area contributed by atoms with E-state index in [2.05, 4.69) is 47.8 Å². The summed E-state index contributed by atoms with van der Waals surface area (Å²) in [6, 6.07) is 3.54. The number of rotatable bonds is 7. The smallest absolute Gasteiger partial charge is 0.228 e. The van der Waals surface area contributed by atoms with E-state index in [0.29, 0.717) is 26.8 Å². The minimum atomic E-state index is -1.79. The van der Waals surface area contributed by atoms with Crippen LogP contribution < -0.4 is 20.7 Å². The Morgan fingerprint density at radius 2 is 1.85 bits per heavy atom. The zero-order chi connectivity index (χ0) is 19.9. The second kappa shape index (κ2) is 11.1. The maximum atomic E-state index is 12.0. The number of alkyl halides is 3. The maximum absolute atomic E-state index is 12.0. The van der Waals surface area contributed by atoms with E-state index < -0.39 is 9.96 Å². The molecule has 0 spiro atoms. The van der Waals surface area contributed by atoms with Crippen LogP contribution in [0, 0.1) is 0 Å². The lowest BCUT2D eigenvalue weighted by Gasteiger charge is -2.28. The van der Waals surface area contributed by atoms with Crippen molar-refractivity contribution in [2.45, 2.75) is 36.1 Å². The van der Waals surface area contributed by atoms with Gasteiger partial charge in [0.15, 0.2) is 5.11 Å². The number of nitrogens with one attached hydrogen (secondary N) is 3. The molecule has 0 radical (unpaired) electrons. The van der Waals surface area contributed by atoms with Crippen LogP contribution in [0.5, 0.6) is 5.75 Å². The Bertz CT molecular complexity index is 637. The first-order valence-corrected chi connectivity index (χ1v) is 10.7. The number of anilines is 1. The van der Waals surface area contributed by atoms with E-state index in [0.717, 1.165) is 12.8 Å². The van der Waals surface area contributed by atoms with Gasteiger partial charge in [0.25, 0.3) is 0 Å². The summed E-state index contributed by atoms with van der Waals surface area (Å²) in [6.45, 7) is 1.99. The molecule has 5 nitrogen and oxygen atoms in total. The molecule has 0 saturated carbocycles. The lowest BCUT2D eigenvalue weighted by Crippen LogP contribution is -2.56. The van der Waals surface area contributed by atoms with Crippen LogP contribution in [0.15, 0.2) is 21.1 Å². The zero-order valence-electron chi connectivity index (χ0n) is 14.0. The van der Waals surface area contributed by atoms with Crippen LogP contribution >= 0.6 is 78.9 Å². The molecule has 1 aromatic rings. The first kappa shape index (κ1) is 24.0. The van der Waals surface area contributed by atoms with E-state index in [1.165, 1.54) is 0 Å². The molecular formula is C15H18Br2Cl3N3O2S. The van der Waals surface area contributed by atoms with Gasteiger partial charge in [-0.2, -0.15) is 0 Å². The average molecular weight is 571 g/mol.